The largest absolute Gasteiger partial charge is 0.394 e. The van der Waals surface area contributed by atoms with Crippen molar-refractivity contribution in [1.29, 1.82) is 0 Å². The quantitative estimate of drug-likeness (QED) is 0.752. The molecule has 2 aromatic rings. The number of nitrogens with one attached hydrogen (secondary N) is 1. The lowest BCUT2D eigenvalue weighted by atomic mass is 10.1. The zero-order valence-electron chi connectivity index (χ0n) is 8.86. The summed E-state index contributed by atoms with van der Waals surface area (Å²) in [5, 5.41) is 2.95. The van der Waals surface area contributed by atoms with Crippen LogP contribution in [0.25, 0.3) is 0 Å². The van der Waals surface area contributed by atoms with Crippen molar-refractivity contribution >= 4 is 11.4 Å². The first-order chi connectivity index (χ1) is 7.61. The van der Waals surface area contributed by atoms with E-state index < -0.39 is 10.9 Å². The minimum Gasteiger partial charge on any atom is -0.394 e. The Hall–Kier alpha value is -2.10. The highest BCUT2D eigenvalue weighted by Gasteiger charge is 2.19. The topological polar surface area (TPSA) is 72.2 Å². The maximum absolute atomic E-state index is 11.2. The normalized spacial score (nSPS) is 12.6. The molecule has 1 atom stereocenters. The predicted molar refractivity (Wildman–Crippen MR) is 64.2 cm³/mol. The zero-order valence-corrected chi connectivity index (χ0v) is 8.86. The lowest BCUT2D eigenvalue weighted by Crippen LogP contribution is -2.37. The van der Waals surface area contributed by atoms with Gasteiger partial charge in [-0.2, -0.15) is 0 Å². The first-order valence-corrected chi connectivity index (χ1v) is 5.01. The van der Waals surface area contributed by atoms with Gasteiger partial charge in [0, 0.05) is 6.04 Å². The average Bonchev–Trinajstić information content (AvgIpc) is 2.35. The Labute approximate surface area is 92.4 Å². The van der Waals surface area contributed by atoms with E-state index in [2.05, 4.69) is 5.32 Å². The lowest BCUT2D eigenvalue weighted by Gasteiger charge is -2.17. The predicted octanol–water partition coefficient (Wildman–Crippen LogP) is 1.04. The molecule has 0 saturated heterocycles. The molecule has 16 heavy (non-hydrogen) atoms. The molecule has 0 fully saturated rings. The summed E-state index contributed by atoms with van der Waals surface area (Å²) in [5.74, 6) is 0. The molecular weight excluding hydrogens is 204 g/mol. The third-order valence-corrected chi connectivity index (χ3v) is 2.61. The Balaban J connectivity index is 2.19. The van der Waals surface area contributed by atoms with Crippen molar-refractivity contribution in [3.63, 3.8) is 0 Å². The van der Waals surface area contributed by atoms with Gasteiger partial charge in [0.05, 0.1) is 0 Å². The number of hydrogen-bond acceptors (Lipinski definition) is 4. The van der Waals surface area contributed by atoms with Gasteiger partial charge in [0.25, 0.3) is 10.9 Å². The molecule has 0 amide bonds. The van der Waals surface area contributed by atoms with Crippen molar-refractivity contribution in [3.8, 4) is 0 Å². The van der Waals surface area contributed by atoms with Gasteiger partial charge in [-0.15, -0.1) is 0 Å². The van der Waals surface area contributed by atoms with E-state index in [0.29, 0.717) is 0 Å². The van der Waals surface area contributed by atoms with Crippen LogP contribution >= 0.6 is 0 Å². The van der Waals surface area contributed by atoms with Crippen LogP contribution in [0, 0.1) is 0 Å². The van der Waals surface area contributed by atoms with E-state index in [9.17, 15) is 9.59 Å². The summed E-state index contributed by atoms with van der Waals surface area (Å²) in [5.41, 5.74) is 5.62. The fourth-order valence-corrected chi connectivity index (χ4v) is 1.59. The van der Waals surface area contributed by atoms with Crippen molar-refractivity contribution in [1.82, 2.24) is 0 Å². The van der Waals surface area contributed by atoms with Gasteiger partial charge < -0.3 is 11.1 Å². The van der Waals surface area contributed by atoms with Gasteiger partial charge in [0.2, 0.25) is 0 Å². The Morgan fingerprint density at radius 3 is 2.31 bits per heavy atom. The Bertz CT molecular complexity index is 568. The maximum Gasteiger partial charge on any atom is 0.253 e. The minimum absolute atomic E-state index is 0.0350. The van der Waals surface area contributed by atoms with Gasteiger partial charge in [0.15, 0.2) is 0 Å². The second kappa shape index (κ2) is 3.81. The molecule has 82 valence electrons. The fourth-order valence-electron chi connectivity index (χ4n) is 1.59. The molecule has 2 aromatic carbocycles. The number of hydrogen-bond donors (Lipinski definition) is 2. The Morgan fingerprint density at radius 1 is 1.12 bits per heavy atom. The fraction of sp³-hybridized carbons (Fsp3) is 0.167. The molecule has 4 nitrogen and oxygen atoms in total. The van der Waals surface area contributed by atoms with Crippen molar-refractivity contribution < 1.29 is 0 Å². The molecule has 0 heterocycles. The second-order valence-electron chi connectivity index (χ2n) is 3.72. The molecule has 0 unspecified atom stereocenters. The van der Waals surface area contributed by atoms with E-state index in [-0.39, 0.29) is 17.4 Å². The van der Waals surface area contributed by atoms with Crippen LogP contribution in [0.1, 0.15) is 18.5 Å². The summed E-state index contributed by atoms with van der Waals surface area (Å²) in [7, 11) is 0. The van der Waals surface area contributed by atoms with Gasteiger partial charge in [0.1, 0.15) is 11.4 Å². The third kappa shape index (κ3) is 1.58. The zero-order chi connectivity index (χ0) is 11.7. The average molecular weight is 216 g/mol. The number of rotatable bonds is 3. The molecule has 0 bridgehead atoms. The summed E-state index contributed by atoms with van der Waals surface area (Å²) >= 11 is 0. The monoisotopic (exact) mass is 216 g/mol. The number of nitrogen functional groups attached to an aromatic ring is 1. The number of nitrogens with two attached hydrogens (primary N) is 1. The molecule has 0 aliphatic carbocycles. The number of benzene rings is 1. The first-order valence-electron chi connectivity index (χ1n) is 5.01. The van der Waals surface area contributed by atoms with E-state index in [1.807, 2.05) is 37.3 Å². The van der Waals surface area contributed by atoms with E-state index in [0.717, 1.165) is 5.56 Å². The molecule has 4 heteroatoms. The van der Waals surface area contributed by atoms with Crippen LogP contribution in [-0.2, 0) is 0 Å². The van der Waals surface area contributed by atoms with Crippen molar-refractivity contribution in [2.45, 2.75) is 13.0 Å². The van der Waals surface area contributed by atoms with Crippen LogP contribution in [0.15, 0.2) is 39.9 Å². The molecule has 2 rings (SSSR count). The number of anilines is 2. The molecule has 3 N–H and O–H groups in total. The van der Waals surface area contributed by atoms with Gasteiger partial charge >= 0.3 is 0 Å². The Kier molecular flexibility index (Phi) is 2.48. The van der Waals surface area contributed by atoms with Crippen molar-refractivity contribution in [2.75, 3.05) is 11.1 Å². The summed E-state index contributed by atoms with van der Waals surface area (Å²) in [6.45, 7) is 1.91. The van der Waals surface area contributed by atoms with Gasteiger partial charge in [-0.1, -0.05) is 30.3 Å². The van der Waals surface area contributed by atoms with E-state index in [1.165, 1.54) is 0 Å². The van der Waals surface area contributed by atoms with Crippen LogP contribution in [0.2, 0.25) is 0 Å². The summed E-state index contributed by atoms with van der Waals surface area (Å²) < 4.78 is 0. The van der Waals surface area contributed by atoms with Crippen molar-refractivity contribution in [3.05, 3.63) is 56.3 Å². The molecule has 0 aliphatic heterocycles. The van der Waals surface area contributed by atoms with Crippen LogP contribution in [0.4, 0.5) is 11.4 Å². The van der Waals surface area contributed by atoms with E-state index >= 15 is 0 Å². The third-order valence-electron chi connectivity index (χ3n) is 2.61. The second-order valence-corrected chi connectivity index (χ2v) is 3.72. The first kappa shape index (κ1) is 10.4. The van der Waals surface area contributed by atoms with E-state index in [1.54, 1.807) is 0 Å². The minimum atomic E-state index is -0.595. The van der Waals surface area contributed by atoms with Crippen LogP contribution in [0.5, 0.6) is 0 Å². The van der Waals surface area contributed by atoms with Crippen LogP contribution in [0.3, 0.4) is 0 Å². The smallest absolute Gasteiger partial charge is 0.253 e. The SMILES string of the molecule is C[C@@H](Nc1c(N)c(=O)c1=O)c1ccccc1. The summed E-state index contributed by atoms with van der Waals surface area (Å²) in [6.07, 6.45) is 0. The molecule has 0 saturated carbocycles. The summed E-state index contributed by atoms with van der Waals surface area (Å²) in [6, 6.07) is 9.59. The standard InChI is InChI=1S/C12H12N2O2/c1-7(8-5-3-2-4-6-8)14-10-9(13)11(15)12(10)16/h2-7,14H,13H2,1H3/t7-/m1/s1. The molecule has 0 aromatic heterocycles. The highest BCUT2D eigenvalue weighted by Crippen LogP contribution is 2.19. The summed E-state index contributed by atoms with van der Waals surface area (Å²) in [4.78, 5) is 22.1. The molecular formula is C12H12N2O2. The molecule has 0 spiro atoms. The van der Waals surface area contributed by atoms with Crippen LogP contribution < -0.4 is 21.9 Å². The molecule has 0 aliphatic rings. The molecule has 0 radical (unpaired) electrons. The van der Waals surface area contributed by atoms with Gasteiger partial charge in [-0.05, 0) is 12.5 Å². The highest BCUT2D eigenvalue weighted by molar-refractivity contribution is 5.71. The Morgan fingerprint density at radius 2 is 1.75 bits per heavy atom. The van der Waals surface area contributed by atoms with Crippen LogP contribution in [-0.4, -0.2) is 0 Å². The highest BCUT2D eigenvalue weighted by atomic mass is 16.2. The maximum atomic E-state index is 11.2. The van der Waals surface area contributed by atoms with E-state index in [4.69, 9.17) is 5.73 Å². The van der Waals surface area contributed by atoms with Gasteiger partial charge in [-0.25, -0.2) is 0 Å². The van der Waals surface area contributed by atoms with Gasteiger partial charge in [-0.3, -0.25) is 9.59 Å². The lowest BCUT2D eigenvalue weighted by molar-refractivity contribution is 0.880. The van der Waals surface area contributed by atoms with Crippen molar-refractivity contribution in [2.24, 2.45) is 0 Å².